The maximum absolute atomic E-state index is 12.0. The van der Waals surface area contributed by atoms with Gasteiger partial charge in [-0.15, -0.1) is 11.3 Å². The van der Waals surface area contributed by atoms with Crippen LogP contribution in [0.15, 0.2) is 11.4 Å². The lowest BCUT2D eigenvalue weighted by atomic mass is 10.1. The Morgan fingerprint density at radius 2 is 2.44 bits per heavy atom. The normalized spacial score (nSPS) is 20.1. The van der Waals surface area contributed by atoms with Gasteiger partial charge in [0, 0.05) is 24.4 Å². The molecule has 1 aromatic rings. The van der Waals surface area contributed by atoms with Crippen LogP contribution in [0, 0.1) is 6.92 Å². The number of hydrogen-bond donors (Lipinski definition) is 1. The predicted molar refractivity (Wildman–Crippen MR) is 73.8 cm³/mol. The molecule has 0 aliphatic carbocycles. The van der Waals surface area contributed by atoms with Gasteiger partial charge in [0.1, 0.15) is 0 Å². The van der Waals surface area contributed by atoms with Crippen molar-refractivity contribution in [1.29, 1.82) is 0 Å². The van der Waals surface area contributed by atoms with Crippen molar-refractivity contribution < 1.29 is 9.90 Å². The first-order chi connectivity index (χ1) is 8.66. The highest BCUT2D eigenvalue weighted by atomic mass is 32.1. The van der Waals surface area contributed by atoms with E-state index < -0.39 is 0 Å². The van der Waals surface area contributed by atoms with E-state index in [1.54, 1.807) is 11.3 Å². The van der Waals surface area contributed by atoms with Gasteiger partial charge in [0.05, 0.1) is 6.10 Å². The summed E-state index contributed by atoms with van der Waals surface area (Å²) in [6.07, 6.45) is 3.94. The molecule has 2 rings (SSSR count). The number of β-amino-alcohol motifs (C(OH)–C–C–N with tert-alkyl or cyclic N) is 1. The number of aryl methyl sites for hydroxylation is 2. The van der Waals surface area contributed by atoms with E-state index in [0.29, 0.717) is 13.0 Å². The van der Waals surface area contributed by atoms with Gasteiger partial charge in [-0.2, -0.15) is 0 Å². The third-order valence-corrected chi connectivity index (χ3v) is 4.59. The second-order valence-corrected chi connectivity index (χ2v) is 6.02. The number of thiophene rings is 1. The summed E-state index contributed by atoms with van der Waals surface area (Å²) in [5.41, 5.74) is 1.33. The van der Waals surface area contributed by atoms with Crippen LogP contribution in [-0.2, 0) is 11.2 Å². The lowest BCUT2D eigenvalue weighted by molar-refractivity contribution is -0.134. The molecule has 1 atom stereocenters. The molecule has 0 bridgehead atoms. The largest absolute Gasteiger partial charge is 0.391 e. The molecule has 1 saturated heterocycles. The van der Waals surface area contributed by atoms with Gasteiger partial charge < -0.3 is 10.0 Å². The second-order valence-electron chi connectivity index (χ2n) is 5.02. The number of rotatable bonds is 4. The van der Waals surface area contributed by atoms with Gasteiger partial charge in [-0.3, -0.25) is 4.79 Å². The number of likely N-dealkylation sites (tertiary alicyclic amines) is 1. The van der Waals surface area contributed by atoms with Gasteiger partial charge >= 0.3 is 0 Å². The van der Waals surface area contributed by atoms with Gasteiger partial charge in [0.25, 0.3) is 0 Å². The molecule has 1 aliphatic heterocycles. The maximum atomic E-state index is 12.0. The minimum Gasteiger partial charge on any atom is -0.391 e. The van der Waals surface area contributed by atoms with E-state index in [4.69, 9.17) is 0 Å². The van der Waals surface area contributed by atoms with Gasteiger partial charge in [-0.1, -0.05) is 0 Å². The summed E-state index contributed by atoms with van der Waals surface area (Å²) in [5, 5.41) is 11.7. The van der Waals surface area contributed by atoms with Crippen LogP contribution in [0.5, 0.6) is 0 Å². The number of hydrogen-bond acceptors (Lipinski definition) is 3. The zero-order chi connectivity index (χ0) is 13.0. The van der Waals surface area contributed by atoms with Crippen LogP contribution >= 0.6 is 11.3 Å². The van der Waals surface area contributed by atoms with Gasteiger partial charge in [0.2, 0.25) is 5.91 Å². The summed E-state index contributed by atoms with van der Waals surface area (Å²) in [6.45, 7) is 3.46. The molecule has 100 valence electrons. The summed E-state index contributed by atoms with van der Waals surface area (Å²) in [4.78, 5) is 15.2. The summed E-state index contributed by atoms with van der Waals surface area (Å²) in [7, 11) is 0. The summed E-state index contributed by atoms with van der Waals surface area (Å²) < 4.78 is 0. The van der Waals surface area contributed by atoms with E-state index in [1.165, 1.54) is 10.4 Å². The second kappa shape index (κ2) is 6.34. The predicted octanol–water partition coefficient (Wildman–Crippen LogP) is 2.36. The van der Waals surface area contributed by atoms with Gasteiger partial charge in [-0.25, -0.2) is 0 Å². The van der Waals surface area contributed by atoms with Crippen molar-refractivity contribution in [2.24, 2.45) is 0 Å². The van der Waals surface area contributed by atoms with Crippen LogP contribution in [0.4, 0.5) is 0 Å². The molecular weight excluding hydrogens is 246 g/mol. The molecule has 0 aromatic carbocycles. The van der Waals surface area contributed by atoms with Crippen molar-refractivity contribution in [3.63, 3.8) is 0 Å². The van der Waals surface area contributed by atoms with Crippen LogP contribution in [0.25, 0.3) is 0 Å². The number of carbonyl (C=O) groups excluding carboxylic acids is 1. The molecule has 1 amide bonds. The fraction of sp³-hybridized carbons (Fsp3) is 0.643. The van der Waals surface area contributed by atoms with Crippen LogP contribution < -0.4 is 0 Å². The molecule has 2 heterocycles. The Balaban J connectivity index is 1.73. The average molecular weight is 267 g/mol. The minimum absolute atomic E-state index is 0.197. The molecule has 1 fully saturated rings. The minimum atomic E-state index is -0.317. The van der Waals surface area contributed by atoms with E-state index in [1.807, 2.05) is 4.90 Å². The highest BCUT2D eigenvalue weighted by Gasteiger charge is 2.21. The fourth-order valence-corrected chi connectivity index (χ4v) is 3.35. The Labute approximate surface area is 112 Å². The Hall–Kier alpha value is -0.870. The zero-order valence-corrected chi connectivity index (χ0v) is 11.7. The summed E-state index contributed by atoms with van der Waals surface area (Å²) >= 11 is 1.77. The van der Waals surface area contributed by atoms with Gasteiger partial charge in [-0.05, 0) is 49.6 Å². The first kappa shape index (κ1) is 13.6. The first-order valence-electron chi connectivity index (χ1n) is 6.65. The Bertz CT molecular complexity index is 402. The smallest absolute Gasteiger partial charge is 0.222 e. The molecule has 1 unspecified atom stereocenters. The summed E-state index contributed by atoms with van der Waals surface area (Å²) in [6, 6.07) is 2.13. The number of nitrogens with zero attached hydrogens (tertiary/aromatic N) is 1. The molecule has 18 heavy (non-hydrogen) atoms. The Kier molecular flexibility index (Phi) is 4.78. The number of aliphatic hydroxyl groups excluding tert-OH is 1. The average Bonchev–Trinajstić information content (AvgIpc) is 2.75. The van der Waals surface area contributed by atoms with E-state index in [2.05, 4.69) is 18.4 Å². The molecule has 1 N–H and O–H groups in total. The third kappa shape index (κ3) is 3.56. The maximum Gasteiger partial charge on any atom is 0.222 e. The topological polar surface area (TPSA) is 40.5 Å². The van der Waals surface area contributed by atoms with Crippen molar-refractivity contribution in [3.8, 4) is 0 Å². The van der Waals surface area contributed by atoms with E-state index in [-0.39, 0.29) is 12.0 Å². The highest BCUT2D eigenvalue weighted by Crippen LogP contribution is 2.19. The summed E-state index contributed by atoms with van der Waals surface area (Å²) in [5.74, 6) is 0.197. The van der Waals surface area contributed by atoms with Crippen molar-refractivity contribution in [3.05, 3.63) is 21.9 Å². The zero-order valence-electron chi connectivity index (χ0n) is 10.9. The monoisotopic (exact) mass is 267 g/mol. The lowest BCUT2D eigenvalue weighted by Crippen LogP contribution is -2.42. The Morgan fingerprint density at radius 1 is 1.61 bits per heavy atom. The van der Waals surface area contributed by atoms with Crippen LogP contribution in [-0.4, -0.2) is 35.1 Å². The molecule has 1 aliphatic rings. The molecule has 0 radical (unpaired) electrons. The SMILES string of the molecule is Cc1ccsc1CCCC(=O)N1CCCC(O)C1. The molecular formula is C14H21NO2S. The quantitative estimate of drug-likeness (QED) is 0.910. The van der Waals surface area contributed by atoms with E-state index in [9.17, 15) is 9.90 Å². The van der Waals surface area contributed by atoms with Crippen molar-refractivity contribution in [2.45, 2.75) is 45.1 Å². The standard InChI is InChI=1S/C14H21NO2S/c1-11-7-9-18-13(11)5-2-6-14(17)15-8-3-4-12(16)10-15/h7,9,12,16H,2-6,8,10H2,1H3. The number of piperidine rings is 1. The van der Waals surface area contributed by atoms with Crippen molar-refractivity contribution in [2.75, 3.05) is 13.1 Å². The first-order valence-corrected chi connectivity index (χ1v) is 7.53. The molecule has 4 heteroatoms. The van der Waals surface area contributed by atoms with Crippen LogP contribution in [0.1, 0.15) is 36.1 Å². The molecule has 0 spiro atoms. The Morgan fingerprint density at radius 3 is 3.11 bits per heavy atom. The van der Waals surface area contributed by atoms with Crippen LogP contribution in [0.3, 0.4) is 0 Å². The molecule has 3 nitrogen and oxygen atoms in total. The van der Waals surface area contributed by atoms with Crippen LogP contribution in [0.2, 0.25) is 0 Å². The van der Waals surface area contributed by atoms with E-state index >= 15 is 0 Å². The lowest BCUT2D eigenvalue weighted by Gasteiger charge is -2.30. The van der Waals surface area contributed by atoms with Crippen molar-refractivity contribution in [1.82, 2.24) is 4.90 Å². The number of aliphatic hydroxyl groups is 1. The van der Waals surface area contributed by atoms with E-state index in [0.717, 1.165) is 32.2 Å². The fourth-order valence-electron chi connectivity index (χ4n) is 2.40. The molecule has 0 saturated carbocycles. The number of amides is 1. The van der Waals surface area contributed by atoms with Crippen molar-refractivity contribution >= 4 is 17.2 Å². The van der Waals surface area contributed by atoms with Gasteiger partial charge in [0.15, 0.2) is 0 Å². The third-order valence-electron chi connectivity index (χ3n) is 3.51. The molecule has 1 aromatic heterocycles. The highest BCUT2D eigenvalue weighted by molar-refractivity contribution is 7.10. The number of carbonyl (C=O) groups is 1.